The maximum absolute atomic E-state index is 13.6. The van der Waals surface area contributed by atoms with Crippen LogP contribution in [0.5, 0.6) is 0 Å². The van der Waals surface area contributed by atoms with Crippen molar-refractivity contribution < 1.29 is 24.3 Å². The van der Waals surface area contributed by atoms with E-state index in [0.29, 0.717) is 6.54 Å². The van der Waals surface area contributed by atoms with E-state index in [1.165, 1.54) is 30.4 Å². The molecule has 2 rings (SSSR count). The summed E-state index contributed by atoms with van der Waals surface area (Å²) in [5.41, 5.74) is 8.07. The molecular weight excluding hydrogens is 476 g/mol. The van der Waals surface area contributed by atoms with Gasteiger partial charge in [0, 0.05) is 24.0 Å². The van der Waals surface area contributed by atoms with E-state index in [0.717, 1.165) is 17.5 Å². The van der Waals surface area contributed by atoms with Crippen molar-refractivity contribution in [1.29, 1.82) is 0 Å². The van der Waals surface area contributed by atoms with Crippen LogP contribution >= 0.6 is 23.5 Å². The average molecular weight is 511 g/mol. The van der Waals surface area contributed by atoms with Gasteiger partial charge in [-0.3, -0.25) is 14.4 Å². The van der Waals surface area contributed by atoms with Crippen LogP contribution in [0.2, 0.25) is 0 Å². The molecule has 0 spiro atoms. The number of aliphatic carboxylic acids is 1. The molecule has 11 heteroatoms. The van der Waals surface area contributed by atoms with Gasteiger partial charge in [0.1, 0.15) is 6.04 Å². The number of carboxylic acids is 1. The maximum Gasteiger partial charge on any atom is 0.326 e. The van der Waals surface area contributed by atoms with Crippen LogP contribution in [-0.2, 0) is 25.6 Å². The van der Waals surface area contributed by atoms with Crippen molar-refractivity contribution in [3.8, 4) is 0 Å². The van der Waals surface area contributed by atoms with Crippen LogP contribution in [0.4, 0.5) is 0 Å². The summed E-state index contributed by atoms with van der Waals surface area (Å²) < 4.78 is -0.793. The fourth-order valence-electron chi connectivity index (χ4n) is 3.80. The number of nitrogens with one attached hydrogen (secondary N) is 3. The Morgan fingerprint density at radius 1 is 1.26 bits per heavy atom. The summed E-state index contributed by atoms with van der Waals surface area (Å²) in [5, 5.41) is 18.3. The van der Waals surface area contributed by atoms with Crippen molar-refractivity contribution in [3.63, 3.8) is 0 Å². The van der Waals surface area contributed by atoms with Crippen molar-refractivity contribution in [3.05, 3.63) is 35.4 Å². The van der Waals surface area contributed by atoms with Gasteiger partial charge in [-0.2, -0.15) is 11.8 Å². The highest BCUT2D eigenvalue weighted by molar-refractivity contribution is 8.00. The van der Waals surface area contributed by atoms with Gasteiger partial charge < -0.3 is 26.8 Å². The third kappa shape index (κ3) is 7.21. The summed E-state index contributed by atoms with van der Waals surface area (Å²) in [7, 11) is 0. The Morgan fingerprint density at radius 3 is 2.56 bits per heavy atom. The van der Waals surface area contributed by atoms with Crippen LogP contribution < -0.4 is 21.7 Å². The van der Waals surface area contributed by atoms with Crippen molar-refractivity contribution in [2.24, 2.45) is 11.7 Å². The summed E-state index contributed by atoms with van der Waals surface area (Å²) in [6, 6.07) is 4.48. The lowest BCUT2D eigenvalue weighted by Crippen LogP contribution is -2.59. The smallest absolute Gasteiger partial charge is 0.326 e. The zero-order valence-corrected chi connectivity index (χ0v) is 21.6. The molecule has 0 aliphatic carbocycles. The number of carbonyl (C=O) groups excluding carboxylic acids is 3. The molecule has 0 aromatic heterocycles. The van der Waals surface area contributed by atoms with E-state index in [2.05, 4.69) is 16.0 Å². The highest BCUT2D eigenvalue weighted by Crippen LogP contribution is 2.29. The highest BCUT2D eigenvalue weighted by Gasteiger charge is 2.41. The minimum absolute atomic E-state index is 0.205. The van der Waals surface area contributed by atoms with Crippen molar-refractivity contribution in [2.45, 2.75) is 50.1 Å². The SMILES string of the molecule is CSCC(C(=O)C1NCCc2ccccc21)[C@H](NC(=O)[C@@H](N)C(C)(C)SCNC(C)=O)C(=O)O. The molecule has 6 N–H and O–H groups in total. The van der Waals surface area contributed by atoms with E-state index in [1.54, 1.807) is 20.1 Å². The lowest BCUT2D eigenvalue weighted by molar-refractivity contribution is -0.146. The third-order valence-corrected chi connectivity index (χ3v) is 7.85. The number of hydrogen-bond acceptors (Lipinski definition) is 8. The average Bonchev–Trinajstić information content (AvgIpc) is 2.79. The Hall–Kier alpha value is -2.08. The van der Waals surface area contributed by atoms with Crippen LogP contribution in [-0.4, -0.2) is 69.9 Å². The minimum Gasteiger partial charge on any atom is -0.480 e. The molecule has 1 aromatic carbocycles. The van der Waals surface area contributed by atoms with Gasteiger partial charge >= 0.3 is 5.97 Å². The summed E-state index contributed by atoms with van der Waals surface area (Å²) in [6.45, 7) is 5.48. The Bertz CT molecular complexity index is 911. The lowest BCUT2D eigenvalue weighted by atomic mass is 9.84. The van der Waals surface area contributed by atoms with E-state index in [-0.39, 0.29) is 23.3 Å². The number of carbonyl (C=O) groups is 4. The van der Waals surface area contributed by atoms with Gasteiger partial charge in [-0.1, -0.05) is 24.3 Å². The maximum atomic E-state index is 13.6. The molecule has 9 nitrogen and oxygen atoms in total. The minimum atomic E-state index is -1.43. The lowest BCUT2D eigenvalue weighted by Gasteiger charge is -2.33. The quantitative estimate of drug-likeness (QED) is 0.259. The topological polar surface area (TPSA) is 151 Å². The molecule has 34 heavy (non-hydrogen) atoms. The van der Waals surface area contributed by atoms with E-state index in [4.69, 9.17) is 5.73 Å². The fourth-order valence-corrected chi connectivity index (χ4v) is 5.45. The second-order valence-corrected chi connectivity index (χ2v) is 11.3. The molecule has 1 heterocycles. The first-order chi connectivity index (χ1) is 16.0. The van der Waals surface area contributed by atoms with E-state index >= 15 is 0 Å². The van der Waals surface area contributed by atoms with Crippen molar-refractivity contribution in [2.75, 3.05) is 24.4 Å². The molecular formula is C23H34N4O5S2. The van der Waals surface area contributed by atoms with Gasteiger partial charge in [-0.15, -0.1) is 11.8 Å². The van der Waals surface area contributed by atoms with Gasteiger partial charge in [0.25, 0.3) is 0 Å². The first-order valence-corrected chi connectivity index (χ1v) is 13.4. The predicted octanol–water partition coefficient (Wildman–Crippen LogP) is 0.924. The summed E-state index contributed by atoms with van der Waals surface area (Å²) in [4.78, 5) is 49.9. The molecule has 2 amide bonds. The third-order valence-electron chi connectivity index (χ3n) is 5.87. The van der Waals surface area contributed by atoms with Crippen molar-refractivity contribution in [1.82, 2.24) is 16.0 Å². The van der Waals surface area contributed by atoms with Crippen LogP contribution in [0, 0.1) is 5.92 Å². The number of rotatable bonds is 12. The number of carboxylic acid groups (broad SMARTS) is 1. The Morgan fingerprint density at radius 2 is 1.94 bits per heavy atom. The first-order valence-electron chi connectivity index (χ1n) is 11.0. The van der Waals surface area contributed by atoms with E-state index in [9.17, 15) is 24.3 Å². The summed E-state index contributed by atoms with van der Waals surface area (Å²) in [5.74, 6) is -2.91. The number of fused-ring (bicyclic) bond motifs is 1. The van der Waals surface area contributed by atoms with Crippen LogP contribution in [0.1, 0.15) is 37.9 Å². The van der Waals surface area contributed by atoms with Gasteiger partial charge in [0.2, 0.25) is 11.8 Å². The molecule has 2 unspecified atom stereocenters. The standard InChI is InChI=1S/C23H34N4O5S2/c1-13(28)26-12-34-23(2,3)20(24)21(30)27-18(22(31)32)16(11-33-4)19(29)17-15-8-6-5-7-14(15)9-10-25-17/h5-8,16-18,20,25H,9-12,24H2,1-4H3,(H,26,28)(H,27,30)(H,31,32)/t16?,17?,18-,20+/m0/s1. The number of benzene rings is 1. The molecule has 1 aliphatic heterocycles. The Balaban J connectivity index is 2.21. The zero-order chi connectivity index (χ0) is 25.5. The second-order valence-electron chi connectivity index (χ2n) is 8.73. The molecule has 4 atom stereocenters. The predicted molar refractivity (Wildman–Crippen MR) is 136 cm³/mol. The monoisotopic (exact) mass is 510 g/mol. The number of ketones is 1. The van der Waals surface area contributed by atoms with Crippen LogP contribution in [0.3, 0.4) is 0 Å². The molecule has 0 bridgehead atoms. The van der Waals surface area contributed by atoms with Crippen LogP contribution in [0.15, 0.2) is 24.3 Å². The zero-order valence-electron chi connectivity index (χ0n) is 19.9. The Labute approximate surface area is 208 Å². The van der Waals surface area contributed by atoms with Crippen LogP contribution in [0.25, 0.3) is 0 Å². The normalized spacial score (nSPS) is 18.2. The Kier molecular flexibility index (Phi) is 10.4. The number of amides is 2. The van der Waals surface area contributed by atoms with Gasteiger partial charge in [0.15, 0.2) is 5.78 Å². The molecule has 0 radical (unpaired) electrons. The van der Waals surface area contributed by atoms with Crippen molar-refractivity contribution >= 4 is 47.1 Å². The number of Topliss-reactive ketones (excluding diaryl/α,β-unsaturated/α-hetero) is 1. The number of nitrogens with two attached hydrogens (primary N) is 1. The molecule has 1 aromatic rings. The second kappa shape index (κ2) is 12.6. The summed E-state index contributed by atoms with van der Waals surface area (Å²) in [6.07, 6.45) is 2.57. The molecule has 0 saturated carbocycles. The van der Waals surface area contributed by atoms with Gasteiger partial charge in [-0.05, 0) is 37.7 Å². The molecule has 188 valence electrons. The highest BCUT2D eigenvalue weighted by atomic mass is 32.2. The fraction of sp³-hybridized carbons (Fsp3) is 0.565. The molecule has 0 saturated heterocycles. The molecule has 0 fully saturated rings. The largest absolute Gasteiger partial charge is 0.480 e. The first kappa shape index (κ1) is 28.2. The van der Waals surface area contributed by atoms with Gasteiger partial charge in [-0.25, -0.2) is 4.79 Å². The van der Waals surface area contributed by atoms with E-state index in [1.807, 2.05) is 24.3 Å². The number of hydrogen-bond donors (Lipinski definition) is 5. The van der Waals surface area contributed by atoms with E-state index < -0.39 is 40.7 Å². The van der Waals surface area contributed by atoms with Gasteiger partial charge in [0.05, 0.1) is 23.9 Å². The summed E-state index contributed by atoms with van der Waals surface area (Å²) >= 11 is 2.62. The molecule has 1 aliphatic rings. The number of thioether (sulfide) groups is 2.